The maximum atomic E-state index is 12.7. The molecule has 1 heterocycles. The Morgan fingerprint density at radius 1 is 1.18 bits per heavy atom. The Hall–Kier alpha value is -2.39. The first-order valence-corrected chi connectivity index (χ1v) is 10.6. The Balaban J connectivity index is 1.68. The third-order valence-electron chi connectivity index (χ3n) is 5.17. The zero-order valence-electron chi connectivity index (χ0n) is 16.9. The van der Waals surface area contributed by atoms with E-state index >= 15 is 0 Å². The van der Waals surface area contributed by atoms with E-state index < -0.39 is 0 Å². The van der Waals surface area contributed by atoms with Crippen molar-refractivity contribution >= 4 is 17.7 Å². The highest BCUT2D eigenvalue weighted by Gasteiger charge is 2.21. The second-order valence-corrected chi connectivity index (χ2v) is 8.70. The minimum Gasteiger partial charge on any atom is -0.349 e. The molecule has 0 bridgehead atoms. The van der Waals surface area contributed by atoms with E-state index in [1.807, 2.05) is 13.8 Å². The van der Waals surface area contributed by atoms with Crippen molar-refractivity contribution in [2.24, 2.45) is 0 Å². The quantitative estimate of drug-likeness (QED) is 0.607. The van der Waals surface area contributed by atoms with Crippen LogP contribution in [0.2, 0.25) is 0 Å². The Morgan fingerprint density at radius 3 is 2.61 bits per heavy atom. The van der Waals surface area contributed by atoms with Gasteiger partial charge in [-0.2, -0.15) is 5.26 Å². The number of hydrogen-bond acceptors (Lipinski definition) is 5. The summed E-state index contributed by atoms with van der Waals surface area (Å²) in [4.78, 5) is 21.3. The molecule has 0 radical (unpaired) electrons. The molecule has 1 aromatic carbocycles. The summed E-state index contributed by atoms with van der Waals surface area (Å²) in [5.74, 6) is 0.544. The van der Waals surface area contributed by atoms with Crippen LogP contribution in [-0.2, 0) is 17.6 Å². The molecule has 1 amide bonds. The number of carbonyl (C=O) groups excluding carboxylic acids is 1. The normalized spacial score (nSPS) is 15.2. The van der Waals surface area contributed by atoms with Crippen molar-refractivity contribution < 1.29 is 4.79 Å². The van der Waals surface area contributed by atoms with E-state index in [2.05, 4.69) is 39.6 Å². The standard InChI is InChI=1S/C22H26N4OS/c1-13(18-10-9-17-7-5-6-8-19(17)11-18)25-21(27)15(3)28-22-20(12-23)14(2)24-16(4)26-22/h9-11,13,15H,5-8H2,1-4H3,(H,25,27). The highest BCUT2D eigenvalue weighted by Crippen LogP contribution is 2.28. The second-order valence-electron chi connectivity index (χ2n) is 7.37. The molecule has 2 atom stereocenters. The van der Waals surface area contributed by atoms with E-state index in [-0.39, 0.29) is 17.2 Å². The number of carbonyl (C=O) groups is 1. The first-order valence-electron chi connectivity index (χ1n) is 9.73. The van der Waals surface area contributed by atoms with Gasteiger partial charge in [0.15, 0.2) is 0 Å². The number of aryl methyl sites for hydroxylation is 4. The summed E-state index contributed by atoms with van der Waals surface area (Å²) >= 11 is 1.31. The van der Waals surface area contributed by atoms with E-state index in [1.165, 1.54) is 35.7 Å². The lowest BCUT2D eigenvalue weighted by Crippen LogP contribution is -2.33. The Bertz CT molecular complexity index is 935. The molecule has 0 fully saturated rings. The highest BCUT2D eigenvalue weighted by atomic mass is 32.2. The summed E-state index contributed by atoms with van der Waals surface area (Å²) in [6, 6.07) is 8.66. The van der Waals surface area contributed by atoms with Crippen molar-refractivity contribution in [2.75, 3.05) is 0 Å². The molecule has 2 aromatic rings. The third kappa shape index (κ3) is 4.53. The van der Waals surface area contributed by atoms with Crippen LogP contribution < -0.4 is 5.32 Å². The van der Waals surface area contributed by atoms with Gasteiger partial charge in [0.05, 0.1) is 17.0 Å². The fourth-order valence-corrected chi connectivity index (χ4v) is 4.56. The Kier molecular flexibility index (Phi) is 6.35. The maximum Gasteiger partial charge on any atom is 0.233 e. The zero-order chi connectivity index (χ0) is 20.3. The van der Waals surface area contributed by atoms with Crippen LogP contribution in [0, 0.1) is 25.2 Å². The van der Waals surface area contributed by atoms with Gasteiger partial charge in [0.25, 0.3) is 0 Å². The monoisotopic (exact) mass is 394 g/mol. The van der Waals surface area contributed by atoms with Crippen LogP contribution in [0.4, 0.5) is 0 Å². The van der Waals surface area contributed by atoms with Crippen molar-refractivity contribution in [1.29, 1.82) is 5.26 Å². The van der Waals surface area contributed by atoms with E-state index in [1.54, 1.807) is 13.8 Å². The van der Waals surface area contributed by atoms with Crippen LogP contribution in [0.5, 0.6) is 0 Å². The van der Waals surface area contributed by atoms with E-state index in [0.29, 0.717) is 22.1 Å². The van der Waals surface area contributed by atoms with Gasteiger partial charge in [-0.15, -0.1) is 0 Å². The van der Waals surface area contributed by atoms with Crippen LogP contribution in [0.15, 0.2) is 23.2 Å². The fourth-order valence-electron chi connectivity index (χ4n) is 3.55. The largest absolute Gasteiger partial charge is 0.349 e. The summed E-state index contributed by atoms with van der Waals surface area (Å²) in [6.07, 6.45) is 4.78. The summed E-state index contributed by atoms with van der Waals surface area (Å²) in [7, 11) is 0. The number of nitrogens with one attached hydrogen (secondary N) is 1. The lowest BCUT2D eigenvalue weighted by molar-refractivity contribution is -0.120. The van der Waals surface area contributed by atoms with Crippen LogP contribution >= 0.6 is 11.8 Å². The number of fused-ring (bicyclic) bond motifs is 1. The molecule has 0 saturated heterocycles. The molecule has 146 valence electrons. The zero-order valence-corrected chi connectivity index (χ0v) is 17.7. The maximum absolute atomic E-state index is 12.7. The first-order chi connectivity index (χ1) is 13.4. The molecule has 28 heavy (non-hydrogen) atoms. The van der Waals surface area contributed by atoms with Crippen LogP contribution in [0.3, 0.4) is 0 Å². The van der Waals surface area contributed by atoms with E-state index in [9.17, 15) is 10.1 Å². The summed E-state index contributed by atoms with van der Waals surface area (Å²) < 4.78 is 0. The van der Waals surface area contributed by atoms with Crippen LogP contribution in [0.1, 0.15) is 66.5 Å². The number of amides is 1. The number of nitriles is 1. The molecule has 5 nitrogen and oxygen atoms in total. The van der Waals surface area contributed by atoms with Gasteiger partial charge < -0.3 is 5.32 Å². The SMILES string of the molecule is Cc1nc(C)c(C#N)c(SC(C)C(=O)NC(C)c2ccc3c(c2)CCCC3)n1. The Morgan fingerprint density at radius 2 is 1.89 bits per heavy atom. The molecule has 1 aliphatic carbocycles. The predicted molar refractivity (Wildman–Crippen MR) is 111 cm³/mol. The molecule has 2 unspecified atom stereocenters. The lowest BCUT2D eigenvalue weighted by Gasteiger charge is -2.21. The molecule has 0 spiro atoms. The van der Waals surface area contributed by atoms with Gasteiger partial charge in [0, 0.05) is 0 Å². The number of hydrogen-bond donors (Lipinski definition) is 1. The van der Waals surface area contributed by atoms with E-state index in [0.717, 1.165) is 18.4 Å². The molecular weight excluding hydrogens is 368 g/mol. The van der Waals surface area contributed by atoms with Gasteiger partial charge in [-0.05, 0) is 70.1 Å². The van der Waals surface area contributed by atoms with Crippen LogP contribution in [-0.4, -0.2) is 21.1 Å². The smallest absolute Gasteiger partial charge is 0.233 e. The van der Waals surface area contributed by atoms with Crippen molar-refractivity contribution in [3.05, 3.63) is 52.0 Å². The fraction of sp³-hybridized carbons (Fsp3) is 0.455. The average Bonchev–Trinajstić information content (AvgIpc) is 2.67. The van der Waals surface area contributed by atoms with Crippen molar-refractivity contribution in [3.8, 4) is 6.07 Å². The topological polar surface area (TPSA) is 78.7 Å². The second kappa shape index (κ2) is 8.74. The van der Waals surface area contributed by atoms with Crippen molar-refractivity contribution in [1.82, 2.24) is 15.3 Å². The van der Waals surface area contributed by atoms with Crippen molar-refractivity contribution in [2.45, 2.75) is 69.7 Å². The van der Waals surface area contributed by atoms with Gasteiger partial charge in [-0.3, -0.25) is 4.79 Å². The minimum absolute atomic E-state index is 0.0620. The van der Waals surface area contributed by atoms with Gasteiger partial charge in [-0.25, -0.2) is 9.97 Å². The average molecular weight is 395 g/mol. The Labute approximate surface area is 171 Å². The molecule has 6 heteroatoms. The van der Waals surface area contributed by atoms with Gasteiger partial charge >= 0.3 is 0 Å². The number of thioether (sulfide) groups is 1. The molecular formula is C22H26N4OS. The van der Waals surface area contributed by atoms with Gasteiger partial charge in [0.2, 0.25) is 5.91 Å². The highest BCUT2D eigenvalue weighted by molar-refractivity contribution is 8.00. The summed E-state index contributed by atoms with van der Waals surface area (Å²) in [5.41, 5.74) is 5.08. The number of nitrogens with zero attached hydrogens (tertiary/aromatic N) is 3. The number of benzene rings is 1. The predicted octanol–water partition coefficient (Wildman–Crippen LogP) is 4.20. The van der Waals surface area contributed by atoms with Crippen LogP contribution in [0.25, 0.3) is 0 Å². The summed E-state index contributed by atoms with van der Waals surface area (Å²) in [6.45, 7) is 7.44. The number of aromatic nitrogens is 2. The van der Waals surface area contributed by atoms with Gasteiger partial charge in [-0.1, -0.05) is 30.0 Å². The summed E-state index contributed by atoms with van der Waals surface area (Å²) in [5, 5.41) is 12.7. The minimum atomic E-state index is -0.360. The molecule has 0 saturated carbocycles. The molecule has 0 aliphatic heterocycles. The number of rotatable bonds is 5. The molecule has 3 rings (SSSR count). The first kappa shape index (κ1) is 20.3. The molecule has 1 aromatic heterocycles. The van der Waals surface area contributed by atoms with E-state index in [4.69, 9.17) is 0 Å². The molecule has 1 aliphatic rings. The molecule has 1 N–H and O–H groups in total. The third-order valence-corrected chi connectivity index (χ3v) is 6.26. The van der Waals surface area contributed by atoms with Crippen molar-refractivity contribution in [3.63, 3.8) is 0 Å². The lowest BCUT2D eigenvalue weighted by atomic mass is 9.89. The van der Waals surface area contributed by atoms with Gasteiger partial charge in [0.1, 0.15) is 22.5 Å².